The van der Waals surface area contributed by atoms with Crippen molar-refractivity contribution in [3.05, 3.63) is 47.2 Å². The second-order valence-corrected chi connectivity index (χ2v) is 2.94. The molecule has 1 aromatic carbocycles. The second-order valence-electron chi connectivity index (χ2n) is 2.50. The number of hydrogen-bond donors (Lipinski definition) is 1. The van der Waals surface area contributed by atoms with Gasteiger partial charge in [-0.1, -0.05) is 30.4 Å². The lowest BCUT2D eigenvalue weighted by Crippen LogP contribution is -1.92. The number of aromatic nitrogens is 2. The van der Waals surface area contributed by atoms with E-state index in [-0.39, 0.29) is 0 Å². The first kappa shape index (κ1) is 7.31. The van der Waals surface area contributed by atoms with Crippen molar-refractivity contribution >= 4 is 12.2 Å². The van der Waals surface area contributed by atoms with Crippen LogP contribution in [0.3, 0.4) is 0 Å². The van der Waals surface area contributed by atoms with Gasteiger partial charge in [0.15, 0.2) is 0 Å². The molecule has 1 aromatic heterocycles. The van der Waals surface area contributed by atoms with Crippen molar-refractivity contribution < 1.29 is 0 Å². The zero-order valence-corrected chi connectivity index (χ0v) is 7.21. The van der Waals surface area contributed by atoms with E-state index in [2.05, 4.69) is 5.10 Å². The van der Waals surface area contributed by atoms with Gasteiger partial charge in [0.2, 0.25) is 0 Å². The molecule has 2 aromatic rings. The maximum absolute atomic E-state index is 4.96. The lowest BCUT2D eigenvalue weighted by molar-refractivity contribution is 0.875. The molecule has 60 valence electrons. The fraction of sp³-hybridized carbons (Fsp3) is 0. The lowest BCUT2D eigenvalue weighted by Gasteiger charge is -1.99. The number of H-pyrrole nitrogens is 1. The van der Waals surface area contributed by atoms with Crippen LogP contribution in [0.4, 0.5) is 0 Å². The number of rotatable bonds is 1. The Bertz CT molecular complexity index is 413. The average molecular weight is 176 g/mol. The lowest BCUT2D eigenvalue weighted by atomic mass is 10.3. The van der Waals surface area contributed by atoms with Crippen molar-refractivity contribution in [3.8, 4) is 5.69 Å². The highest BCUT2D eigenvalue weighted by Gasteiger charge is 1.91. The third-order valence-corrected chi connectivity index (χ3v) is 1.87. The number of aromatic amines is 1. The van der Waals surface area contributed by atoms with E-state index in [9.17, 15) is 0 Å². The highest BCUT2D eigenvalue weighted by molar-refractivity contribution is 7.71. The molecule has 1 heterocycles. The molecule has 0 atom stereocenters. The van der Waals surface area contributed by atoms with Gasteiger partial charge >= 0.3 is 0 Å². The molecule has 1 N–H and O–H groups in total. The van der Waals surface area contributed by atoms with E-state index in [1.165, 1.54) is 0 Å². The molecule has 0 aliphatic carbocycles. The Morgan fingerprint density at radius 1 is 1.08 bits per heavy atom. The molecule has 0 radical (unpaired) electrons. The fourth-order valence-corrected chi connectivity index (χ4v) is 1.23. The summed E-state index contributed by atoms with van der Waals surface area (Å²) in [6.45, 7) is 0. The average Bonchev–Trinajstić information content (AvgIpc) is 2.54. The van der Waals surface area contributed by atoms with Crippen LogP contribution < -0.4 is 0 Å². The Morgan fingerprint density at radius 3 is 2.42 bits per heavy atom. The molecule has 0 bridgehead atoms. The molecule has 12 heavy (non-hydrogen) atoms. The third kappa shape index (κ3) is 1.31. The molecular weight excluding hydrogens is 168 g/mol. The topological polar surface area (TPSA) is 20.7 Å². The molecule has 0 fully saturated rings. The molecule has 3 heteroatoms. The third-order valence-electron chi connectivity index (χ3n) is 1.64. The number of hydrogen-bond acceptors (Lipinski definition) is 1. The van der Waals surface area contributed by atoms with Gasteiger partial charge in [-0.15, -0.1) is 0 Å². The van der Waals surface area contributed by atoms with E-state index >= 15 is 0 Å². The summed E-state index contributed by atoms with van der Waals surface area (Å²) in [6, 6.07) is 11.9. The van der Waals surface area contributed by atoms with Crippen LogP contribution in [-0.4, -0.2) is 9.78 Å². The van der Waals surface area contributed by atoms with Crippen LogP contribution in [-0.2, 0) is 0 Å². The van der Waals surface area contributed by atoms with Crippen molar-refractivity contribution in [1.29, 1.82) is 0 Å². The number of nitrogens with one attached hydrogen (secondary N) is 1. The zero-order valence-electron chi connectivity index (χ0n) is 6.40. The predicted octanol–water partition coefficient (Wildman–Crippen LogP) is 2.53. The van der Waals surface area contributed by atoms with Crippen LogP contribution in [0.2, 0.25) is 0 Å². The molecule has 2 rings (SSSR count). The quantitative estimate of drug-likeness (QED) is 0.662. The Morgan fingerprint density at radius 2 is 1.83 bits per heavy atom. The van der Waals surface area contributed by atoms with E-state index in [0.29, 0.717) is 0 Å². The molecule has 0 amide bonds. The SMILES string of the molecule is S=c1ccn(-c2ccccc2)[nH]1. The Labute approximate surface area is 75.5 Å². The van der Waals surface area contributed by atoms with E-state index in [1.807, 2.05) is 47.3 Å². The molecule has 0 spiro atoms. The summed E-state index contributed by atoms with van der Waals surface area (Å²) in [5.41, 5.74) is 1.09. The van der Waals surface area contributed by atoms with Crippen molar-refractivity contribution in [1.82, 2.24) is 9.78 Å². The highest BCUT2D eigenvalue weighted by Crippen LogP contribution is 2.04. The van der Waals surface area contributed by atoms with Crippen LogP contribution in [0, 0.1) is 4.64 Å². The summed E-state index contributed by atoms with van der Waals surface area (Å²) in [6.07, 6.45) is 1.91. The normalized spacial score (nSPS) is 10.0. The Hall–Kier alpha value is -1.35. The predicted molar refractivity (Wildman–Crippen MR) is 51.0 cm³/mol. The van der Waals surface area contributed by atoms with Crippen molar-refractivity contribution in [2.45, 2.75) is 0 Å². The number of para-hydroxylation sites is 1. The fourth-order valence-electron chi connectivity index (χ4n) is 1.07. The van der Waals surface area contributed by atoms with Crippen LogP contribution in [0.15, 0.2) is 42.6 Å². The summed E-state index contributed by atoms with van der Waals surface area (Å²) < 4.78 is 2.64. The van der Waals surface area contributed by atoms with Crippen LogP contribution in [0.5, 0.6) is 0 Å². The first-order valence-corrected chi connectivity index (χ1v) is 4.10. The van der Waals surface area contributed by atoms with Gasteiger partial charge in [-0.05, 0) is 18.2 Å². The Balaban J connectivity index is 2.51. The molecular formula is C9H8N2S. The van der Waals surface area contributed by atoms with Crippen LogP contribution >= 0.6 is 12.2 Å². The number of nitrogens with zero attached hydrogens (tertiary/aromatic N) is 1. The minimum Gasteiger partial charge on any atom is -0.284 e. The van der Waals surface area contributed by atoms with Gasteiger partial charge in [-0.25, -0.2) is 0 Å². The van der Waals surface area contributed by atoms with E-state index in [4.69, 9.17) is 12.2 Å². The number of benzene rings is 1. The molecule has 0 saturated heterocycles. The van der Waals surface area contributed by atoms with Gasteiger partial charge in [0.1, 0.15) is 4.64 Å². The summed E-state index contributed by atoms with van der Waals surface area (Å²) in [7, 11) is 0. The molecule has 0 aliphatic heterocycles. The van der Waals surface area contributed by atoms with Gasteiger partial charge in [0, 0.05) is 6.20 Å². The first-order valence-electron chi connectivity index (χ1n) is 3.69. The monoisotopic (exact) mass is 176 g/mol. The zero-order chi connectivity index (χ0) is 8.39. The van der Waals surface area contributed by atoms with Crippen molar-refractivity contribution in [2.75, 3.05) is 0 Å². The molecule has 2 nitrogen and oxygen atoms in total. The van der Waals surface area contributed by atoms with E-state index in [0.717, 1.165) is 10.3 Å². The molecule has 0 saturated carbocycles. The first-order chi connectivity index (χ1) is 5.86. The summed E-state index contributed by atoms with van der Waals surface area (Å²) >= 11 is 4.96. The summed E-state index contributed by atoms with van der Waals surface area (Å²) in [4.78, 5) is 0. The van der Waals surface area contributed by atoms with Crippen LogP contribution in [0.25, 0.3) is 5.69 Å². The van der Waals surface area contributed by atoms with Gasteiger partial charge in [-0.3, -0.25) is 9.78 Å². The van der Waals surface area contributed by atoms with E-state index in [1.54, 1.807) is 0 Å². The van der Waals surface area contributed by atoms with E-state index < -0.39 is 0 Å². The summed E-state index contributed by atoms with van der Waals surface area (Å²) in [5.74, 6) is 0. The Kier molecular flexibility index (Phi) is 1.80. The van der Waals surface area contributed by atoms with Gasteiger partial charge in [0.25, 0.3) is 0 Å². The minimum absolute atomic E-state index is 0.749. The maximum Gasteiger partial charge on any atom is 0.119 e. The van der Waals surface area contributed by atoms with Crippen LogP contribution in [0.1, 0.15) is 0 Å². The summed E-state index contributed by atoms with van der Waals surface area (Å²) in [5, 5.41) is 3.02. The van der Waals surface area contributed by atoms with Gasteiger partial charge in [-0.2, -0.15) is 0 Å². The van der Waals surface area contributed by atoms with Gasteiger partial charge < -0.3 is 0 Å². The van der Waals surface area contributed by atoms with Crippen molar-refractivity contribution in [3.63, 3.8) is 0 Å². The largest absolute Gasteiger partial charge is 0.284 e. The van der Waals surface area contributed by atoms with Crippen molar-refractivity contribution in [2.24, 2.45) is 0 Å². The highest BCUT2D eigenvalue weighted by atomic mass is 32.1. The smallest absolute Gasteiger partial charge is 0.119 e. The minimum atomic E-state index is 0.749. The molecule has 0 aliphatic rings. The standard InChI is InChI=1S/C9H8N2S/c12-9-6-7-11(10-9)8-4-2-1-3-5-8/h1-7H,(H,10,12). The second kappa shape index (κ2) is 2.95. The maximum atomic E-state index is 4.96. The molecule has 0 unspecified atom stereocenters. The van der Waals surface area contributed by atoms with Gasteiger partial charge in [0.05, 0.1) is 5.69 Å².